The van der Waals surface area contributed by atoms with Crippen LogP contribution in [-0.4, -0.2) is 41.8 Å². The van der Waals surface area contributed by atoms with Crippen LogP contribution >= 0.6 is 0 Å². The standard InChI is InChI=1S/C25H26N2O5/c28-22(29)20-12-15(20)13-26-23(30)25(10-5-11-25)27-24(31)32-14-21-18-8-3-1-6-16(18)17-7-2-4-9-19(17)21/h1-4,6-9,15,20-21H,5,10-14H2,(H,26,30)(H,27,31)(H,28,29)/t15-,20-/m0/s1. The molecule has 0 aromatic heterocycles. The number of carbonyl (C=O) groups excluding carboxylic acids is 2. The van der Waals surface area contributed by atoms with E-state index in [1.165, 1.54) is 0 Å². The molecule has 0 aliphatic heterocycles. The van der Waals surface area contributed by atoms with Gasteiger partial charge in [0.1, 0.15) is 12.1 Å². The summed E-state index contributed by atoms with van der Waals surface area (Å²) in [7, 11) is 0. The van der Waals surface area contributed by atoms with Gasteiger partial charge in [0.25, 0.3) is 0 Å². The minimum atomic E-state index is -0.962. The van der Waals surface area contributed by atoms with Gasteiger partial charge in [-0.15, -0.1) is 0 Å². The third kappa shape index (κ3) is 3.61. The Labute approximate surface area is 186 Å². The molecule has 5 rings (SSSR count). The van der Waals surface area contributed by atoms with Gasteiger partial charge < -0.3 is 20.5 Å². The first-order valence-corrected chi connectivity index (χ1v) is 11.1. The molecule has 2 fully saturated rings. The molecule has 0 bridgehead atoms. The second-order valence-electron chi connectivity index (χ2n) is 9.04. The number of aliphatic carboxylic acids is 1. The van der Waals surface area contributed by atoms with Crippen molar-refractivity contribution in [1.29, 1.82) is 0 Å². The van der Waals surface area contributed by atoms with Crippen LogP contribution in [0.4, 0.5) is 4.79 Å². The zero-order valence-electron chi connectivity index (χ0n) is 17.7. The molecule has 7 heteroatoms. The van der Waals surface area contributed by atoms with E-state index in [1.54, 1.807) is 0 Å². The lowest BCUT2D eigenvalue weighted by atomic mass is 9.76. The van der Waals surface area contributed by atoms with Gasteiger partial charge in [-0.25, -0.2) is 4.79 Å². The van der Waals surface area contributed by atoms with Crippen LogP contribution in [-0.2, 0) is 14.3 Å². The molecule has 2 aromatic rings. The van der Waals surface area contributed by atoms with Crippen LogP contribution in [0, 0.1) is 11.8 Å². The molecule has 3 aliphatic carbocycles. The third-order valence-electron chi connectivity index (χ3n) is 7.09. The quantitative estimate of drug-likeness (QED) is 0.620. The van der Waals surface area contributed by atoms with E-state index in [1.807, 2.05) is 24.3 Å². The number of ether oxygens (including phenoxy) is 1. The smallest absolute Gasteiger partial charge is 0.408 e. The van der Waals surface area contributed by atoms with Crippen LogP contribution in [0.3, 0.4) is 0 Å². The highest BCUT2D eigenvalue weighted by Crippen LogP contribution is 2.44. The number of hydrogen-bond donors (Lipinski definition) is 3. The van der Waals surface area contributed by atoms with Gasteiger partial charge in [0.05, 0.1) is 5.92 Å². The fourth-order valence-corrected chi connectivity index (χ4v) is 4.94. The fourth-order valence-electron chi connectivity index (χ4n) is 4.94. The second-order valence-corrected chi connectivity index (χ2v) is 9.04. The largest absolute Gasteiger partial charge is 0.481 e. The second kappa shape index (κ2) is 7.97. The molecule has 2 saturated carbocycles. The number of carboxylic acids is 1. The topological polar surface area (TPSA) is 105 Å². The van der Waals surface area contributed by atoms with Gasteiger partial charge in [0.2, 0.25) is 5.91 Å². The average molecular weight is 434 g/mol. The van der Waals surface area contributed by atoms with Gasteiger partial charge in [0.15, 0.2) is 0 Å². The Morgan fingerprint density at radius 3 is 2.16 bits per heavy atom. The molecule has 2 aromatic carbocycles. The molecule has 0 heterocycles. The van der Waals surface area contributed by atoms with Gasteiger partial charge in [-0.3, -0.25) is 9.59 Å². The Morgan fingerprint density at radius 1 is 1.00 bits per heavy atom. The van der Waals surface area contributed by atoms with Gasteiger partial charge in [0, 0.05) is 12.5 Å². The maximum absolute atomic E-state index is 12.8. The number of fused-ring (bicyclic) bond motifs is 3. The van der Waals surface area contributed by atoms with Crippen molar-refractivity contribution in [3.05, 3.63) is 59.7 Å². The summed E-state index contributed by atoms with van der Waals surface area (Å²) in [5, 5.41) is 14.6. The van der Waals surface area contributed by atoms with E-state index in [4.69, 9.17) is 9.84 Å². The molecular weight excluding hydrogens is 408 g/mol. The molecule has 3 N–H and O–H groups in total. The van der Waals surface area contributed by atoms with E-state index < -0.39 is 17.6 Å². The van der Waals surface area contributed by atoms with Crippen molar-refractivity contribution in [3.8, 4) is 11.1 Å². The van der Waals surface area contributed by atoms with Crippen molar-refractivity contribution in [1.82, 2.24) is 10.6 Å². The van der Waals surface area contributed by atoms with E-state index in [2.05, 4.69) is 34.9 Å². The first-order chi connectivity index (χ1) is 15.5. The Bertz CT molecular complexity index is 1030. The van der Waals surface area contributed by atoms with Crippen LogP contribution in [0.1, 0.15) is 42.7 Å². The van der Waals surface area contributed by atoms with E-state index in [0.717, 1.165) is 28.7 Å². The van der Waals surface area contributed by atoms with Crippen LogP contribution in [0.25, 0.3) is 11.1 Å². The van der Waals surface area contributed by atoms with E-state index >= 15 is 0 Å². The van der Waals surface area contributed by atoms with Crippen LogP contribution in [0.2, 0.25) is 0 Å². The van der Waals surface area contributed by atoms with E-state index in [9.17, 15) is 14.4 Å². The molecule has 166 valence electrons. The number of nitrogens with one attached hydrogen (secondary N) is 2. The summed E-state index contributed by atoms with van der Waals surface area (Å²) in [5.41, 5.74) is 3.62. The van der Waals surface area contributed by atoms with Gasteiger partial charge >= 0.3 is 12.1 Å². The lowest BCUT2D eigenvalue weighted by molar-refractivity contribution is -0.139. The zero-order chi connectivity index (χ0) is 22.3. The van der Waals surface area contributed by atoms with Crippen molar-refractivity contribution in [3.63, 3.8) is 0 Å². The Morgan fingerprint density at radius 2 is 1.62 bits per heavy atom. The predicted molar refractivity (Wildman–Crippen MR) is 117 cm³/mol. The Hall–Kier alpha value is -3.35. The van der Waals surface area contributed by atoms with Gasteiger partial charge in [-0.1, -0.05) is 48.5 Å². The van der Waals surface area contributed by atoms with Gasteiger partial charge in [-0.2, -0.15) is 0 Å². The molecular formula is C25H26N2O5. The number of amides is 2. The first kappa shape index (κ1) is 20.5. The van der Waals surface area contributed by atoms with Crippen molar-refractivity contribution >= 4 is 18.0 Å². The molecule has 0 spiro atoms. The summed E-state index contributed by atoms with van der Waals surface area (Å²) in [4.78, 5) is 36.4. The number of alkyl carbamates (subject to hydrolysis) is 1. The van der Waals surface area contributed by atoms with Crippen molar-refractivity contribution in [2.45, 2.75) is 37.1 Å². The number of benzene rings is 2. The summed E-state index contributed by atoms with van der Waals surface area (Å²) in [6.45, 7) is 0.518. The minimum absolute atomic E-state index is 0.0250. The number of rotatable bonds is 7. The summed E-state index contributed by atoms with van der Waals surface area (Å²) >= 11 is 0. The minimum Gasteiger partial charge on any atom is -0.481 e. The monoisotopic (exact) mass is 434 g/mol. The highest BCUT2D eigenvalue weighted by Gasteiger charge is 2.48. The molecule has 0 unspecified atom stereocenters. The van der Waals surface area contributed by atoms with Crippen molar-refractivity contribution in [2.75, 3.05) is 13.2 Å². The maximum Gasteiger partial charge on any atom is 0.408 e. The van der Waals surface area contributed by atoms with Crippen LogP contribution in [0.15, 0.2) is 48.5 Å². The maximum atomic E-state index is 12.8. The molecule has 32 heavy (non-hydrogen) atoms. The molecule has 3 aliphatic rings. The van der Waals surface area contributed by atoms with Gasteiger partial charge in [-0.05, 0) is 53.9 Å². The lowest BCUT2D eigenvalue weighted by Gasteiger charge is -2.40. The summed E-state index contributed by atoms with van der Waals surface area (Å²) in [6.07, 6.45) is 1.93. The molecule has 7 nitrogen and oxygen atoms in total. The summed E-state index contributed by atoms with van der Waals surface area (Å²) < 4.78 is 5.60. The third-order valence-corrected chi connectivity index (χ3v) is 7.09. The molecule has 0 radical (unpaired) electrons. The normalized spacial score (nSPS) is 22.1. The SMILES string of the molecule is O=C(NC1(C(=O)NC[C@@H]2C[C@@H]2C(=O)O)CCC1)OCC1c2ccccc2-c2ccccc21. The predicted octanol–water partition coefficient (Wildman–Crippen LogP) is 3.28. The fraction of sp³-hybridized carbons (Fsp3) is 0.400. The molecule has 0 saturated heterocycles. The highest BCUT2D eigenvalue weighted by atomic mass is 16.5. The summed E-state index contributed by atoms with van der Waals surface area (Å²) in [5.74, 6) is -1.51. The van der Waals surface area contributed by atoms with Crippen molar-refractivity contribution < 1.29 is 24.2 Å². The Balaban J connectivity index is 1.19. The van der Waals surface area contributed by atoms with Crippen LogP contribution < -0.4 is 10.6 Å². The summed E-state index contributed by atoms with van der Waals surface area (Å²) in [6, 6.07) is 16.3. The number of carbonyl (C=O) groups is 3. The average Bonchev–Trinajstić information content (AvgIpc) is 3.49. The number of carboxylic acid groups (broad SMARTS) is 1. The molecule has 2 amide bonds. The Kier molecular flexibility index (Phi) is 5.12. The number of hydrogen-bond acceptors (Lipinski definition) is 4. The van der Waals surface area contributed by atoms with Crippen molar-refractivity contribution in [2.24, 2.45) is 11.8 Å². The van der Waals surface area contributed by atoms with E-state index in [-0.39, 0.29) is 30.3 Å². The van der Waals surface area contributed by atoms with Crippen LogP contribution in [0.5, 0.6) is 0 Å². The van der Waals surface area contributed by atoms with E-state index in [0.29, 0.717) is 25.8 Å². The highest BCUT2D eigenvalue weighted by molar-refractivity contribution is 5.91. The first-order valence-electron chi connectivity index (χ1n) is 11.1. The lowest BCUT2D eigenvalue weighted by Crippen LogP contribution is -2.63. The molecule has 2 atom stereocenters. The zero-order valence-corrected chi connectivity index (χ0v) is 17.7.